The molecule has 1 aromatic carbocycles. The number of aromatic nitrogens is 4. The third-order valence-electron chi connectivity index (χ3n) is 3.50. The molecule has 3 rings (SSSR count). The molecule has 2 heterocycles. The Balaban J connectivity index is 1.73. The molecule has 1 atom stereocenters. The molecule has 11 nitrogen and oxygen atoms in total. The summed E-state index contributed by atoms with van der Waals surface area (Å²) in [6, 6.07) is 3.34. The number of carbonyl (C=O) groups is 2. The minimum absolute atomic E-state index is 0.0341. The first-order chi connectivity index (χ1) is 12.9. The van der Waals surface area contributed by atoms with Gasteiger partial charge in [0.1, 0.15) is 11.8 Å². The predicted octanol–water partition coefficient (Wildman–Crippen LogP) is 2.10. The Morgan fingerprint density at radius 1 is 1.33 bits per heavy atom. The molecule has 138 valence electrons. The van der Waals surface area contributed by atoms with E-state index >= 15 is 0 Å². The molecule has 1 unspecified atom stereocenters. The standard InChI is InChI=1S/C15H11ClN6O5/c1-7(14(23)21-13-11-12(18-5-17-11)19-6-20-13)27-15(24)9-4-8(22(25)26)2-3-10(9)16/h2-7H,1H3,(H2,17,18,19,20,21,23). The number of rotatable bonds is 5. The van der Waals surface area contributed by atoms with Gasteiger partial charge in [-0.3, -0.25) is 14.9 Å². The van der Waals surface area contributed by atoms with Gasteiger partial charge in [0.05, 0.1) is 21.8 Å². The van der Waals surface area contributed by atoms with Gasteiger partial charge < -0.3 is 15.0 Å². The van der Waals surface area contributed by atoms with Crippen LogP contribution in [0.1, 0.15) is 17.3 Å². The average molecular weight is 391 g/mol. The monoisotopic (exact) mass is 390 g/mol. The van der Waals surface area contributed by atoms with Gasteiger partial charge in [0.15, 0.2) is 17.6 Å². The van der Waals surface area contributed by atoms with Crippen LogP contribution in [0.3, 0.4) is 0 Å². The summed E-state index contributed by atoms with van der Waals surface area (Å²) < 4.78 is 5.05. The van der Waals surface area contributed by atoms with Gasteiger partial charge in [-0.05, 0) is 13.0 Å². The van der Waals surface area contributed by atoms with E-state index in [1.807, 2.05) is 0 Å². The highest BCUT2D eigenvalue weighted by Gasteiger charge is 2.23. The lowest BCUT2D eigenvalue weighted by Crippen LogP contribution is -2.30. The van der Waals surface area contributed by atoms with Gasteiger partial charge in [0.2, 0.25) is 0 Å². The lowest BCUT2D eigenvalue weighted by molar-refractivity contribution is -0.384. The minimum Gasteiger partial charge on any atom is -0.449 e. The SMILES string of the molecule is CC(OC(=O)c1cc([N+](=O)[O-])ccc1Cl)C(=O)Nc1ncnc2nc[nH]c12. The van der Waals surface area contributed by atoms with Crippen LogP contribution >= 0.6 is 11.6 Å². The van der Waals surface area contributed by atoms with Crippen LogP contribution in [0.15, 0.2) is 30.9 Å². The van der Waals surface area contributed by atoms with Gasteiger partial charge in [0, 0.05) is 12.1 Å². The molecular formula is C15H11ClN6O5. The smallest absolute Gasteiger partial charge is 0.340 e. The lowest BCUT2D eigenvalue weighted by atomic mass is 10.2. The van der Waals surface area contributed by atoms with Crippen LogP contribution in [0.25, 0.3) is 11.2 Å². The number of imidazole rings is 1. The van der Waals surface area contributed by atoms with E-state index < -0.39 is 22.9 Å². The number of hydrogen-bond donors (Lipinski definition) is 2. The number of H-pyrrole nitrogens is 1. The largest absolute Gasteiger partial charge is 0.449 e. The van der Waals surface area contributed by atoms with E-state index in [0.717, 1.165) is 12.1 Å². The number of nitrogens with zero attached hydrogens (tertiary/aromatic N) is 4. The first-order valence-electron chi connectivity index (χ1n) is 7.46. The second-order valence-corrected chi connectivity index (χ2v) is 5.69. The fourth-order valence-corrected chi connectivity index (χ4v) is 2.33. The van der Waals surface area contributed by atoms with Crippen molar-refractivity contribution in [3.8, 4) is 0 Å². The maximum absolute atomic E-state index is 12.3. The van der Waals surface area contributed by atoms with Crippen molar-refractivity contribution in [3.05, 3.63) is 51.6 Å². The molecule has 0 aliphatic heterocycles. The first-order valence-corrected chi connectivity index (χ1v) is 7.84. The lowest BCUT2D eigenvalue weighted by Gasteiger charge is -2.13. The van der Waals surface area contributed by atoms with Crippen molar-refractivity contribution in [1.29, 1.82) is 0 Å². The number of hydrogen-bond acceptors (Lipinski definition) is 8. The summed E-state index contributed by atoms with van der Waals surface area (Å²) in [6.07, 6.45) is 1.39. The second kappa shape index (κ2) is 7.33. The number of esters is 1. The number of nitro benzene ring substituents is 1. The number of anilines is 1. The molecule has 0 bridgehead atoms. The van der Waals surface area contributed by atoms with E-state index in [4.69, 9.17) is 16.3 Å². The number of halogens is 1. The van der Waals surface area contributed by atoms with Crippen molar-refractivity contribution in [2.24, 2.45) is 0 Å². The molecule has 0 spiro atoms. The van der Waals surface area contributed by atoms with Gasteiger partial charge in [-0.2, -0.15) is 0 Å². The van der Waals surface area contributed by atoms with Crippen LogP contribution in [-0.2, 0) is 9.53 Å². The number of fused-ring (bicyclic) bond motifs is 1. The van der Waals surface area contributed by atoms with Crippen molar-refractivity contribution >= 4 is 46.1 Å². The zero-order valence-corrected chi connectivity index (χ0v) is 14.4. The molecule has 0 fully saturated rings. The second-order valence-electron chi connectivity index (χ2n) is 5.28. The Bertz CT molecular complexity index is 1050. The number of nitro groups is 1. The Hall–Kier alpha value is -3.60. The van der Waals surface area contributed by atoms with E-state index in [0.29, 0.717) is 11.2 Å². The third-order valence-corrected chi connectivity index (χ3v) is 3.83. The maximum atomic E-state index is 12.3. The molecule has 27 heavy (non-hydrogen) atoms. The first kappa shape index (κ1) is 18.2. The van der Waals surface area contributed by atoms with Crippen LogP contribution in [0.2, 0.25) is 5.02 Å². The van der Waals surface area contributed by atoms with Crippen LogP contribution in [0, 0.1) is 10.1 Å². The molecule has 0 saturated carbocycles. The van der Waals surface area contributed by atoms with Crippen molar-refractivity contribution in [1.82, 2.24) is 19.9 Å². The normalized spacial score (nSPS) is 11.8. The number of benzene rings is 1. The van der Waals surface area contributed by atoms with E-state index in [1.165, 1.54) is 25.6 Å². The number of aromatic amines is 1. The van der Waals surface area contributed by atoms with Crippen molar-refractivity contribution in [3.63, 3.8) is 0 Å². The minimum atomic E-state index is -1.22. The Morgan fingerprint density at radius 2 is 2.11 bits per heavy atom. The number of nitrogens with one attached hydrogen (secondary N) is 2. The van der Waals surface area contributed by atoms with E-state index in [9.17, 15) is 19.7 Å². The van der Waals surface area contributed by atoms with Crippen molar-refractivity contribution in [2.45, 2.75) is 13.0 Å². The fourth-order valence-electron chi connectivity index (χ4n) is 2.14. The van der Waals surface area contributed by atoms with E-state index in [2.05, 4.69) is 25.3 Å². The molecule has 3 aromatic rings. The van der Waals surface area contributed by atoms with Gasteiger partial charge >= 0.3 is 5.97 Å². The highest BCUT2D eigenvalue weighted by Crippen LogP contribution is 2.23. The molecule has 2 N–H and O–H groups in total. The Morgan fingerprint density at radius 3 is 2.85 bits per heavy atom. The maximum Gasteiger partial charge on any atom is 0.340 e. The molecular weight excluding hydrogens is 380 g/mol. The predicted molar refractivity (Wildman–Crippen MR) is 93.3 cm³/mol. The molecule has 0 aliphatic rings. The summed E-state index contributed by atoms with van der Waals surface area (Å²) >= 11 is 5.89. The fraction of sp³-hybridized carbons (Fsp3) is 0.133. The molecule has 0 aliphatic carbocycles. The topological polar surface area (TPSA) is 153 Å². The van der Waals surface area contributed by atoms with Crippen LogP contribution in [0.4, 0.5) is 11.5 Å². The number of ether oxygens (including phenoxy) is 1. The van der Waals surface area contributed by atoms with Crippen LogP contribution in [-0.4, -0.2) is 42.8 Å². The molecule has 0 radical (unpaired) electrons. The zero-order chi connectivity index (χ0) is 19.6. The van der Waals surface area contributed by atoms with Gasteiger partial charge in [-0.15, -0.1) is 0 Å². The Labute approximate surface area is 155 Å². The average Bonchev–Trinajstić information content (AvgIpc) is 3.11. The van der Waals surface area contributed by atoms with E-state index in [1.54, 1.807) is 0 Å². The summed E-state index contributed by atoms with van der Waals surface area (Å²) in [6.45, 7) is 1.34. The van der Waals surface area contributed by atoms with E-state index in [-0.39, 0.29) is 22.1 Å². The summed E-state index contributed by atoms with van der Waals surface area (Å²) in [5.74, 6) is -1.47. The molecule has 12 heteroatoms. The summed E-state index contributed by atoms with van der Waals surface area (Å²) in [4.78, 5) is 49.2. The summed E-state index contributed by atoms with van der Waals surface area (Å²) in [5, 5.41) is 13.3. The van der Waals surface area contributed by atoms with Gasteiger partial charge in [-0.1, -0.05) is 11.6 Å². The molecule has 1 amide bonds. The van der Waals surface area contributed by atoms with Gasteiger partial charge in [0.25, 0.3) is 11.6 Å². The van der Waals surface area contributed by atoms with Crippen molar-refractivity contribution < 1.29 is 19.2 Å². The van der Waals surface area contributed by atoms with Gasteiger partial charge in [-0.25, -0.2) is 19.7 Å². The Kier molecular flexibility index (Phi) is 4.94. The summed E-state index contributed by atoms with van der Waals surface area (Å²) in [5.41, 5.74) is 0.217. The number of carbonyl (C=O) groups excluding carboxylic acids is 2. The van der Waals surface area contributed by atoms with Crippen LogP contribution < -0.4 is 5.32 Å². The van der Waals surface area contributed by atoms with Crippen molar-refractivity contribution in [2.75, 3.05) is 5.32 Å². The zero-order valence-electron chi connectivity index (χ0n) is 13.7. The highest BCUT2D eigenvalue weighted by atomic mass is 35.5. The van der Waals surface area contributed by atoms with Crippen LogP contribution in [0.5, 0.6) is 0 Å². The number of amides is 1. The molecule has 0 saturated heterocycles. The quantitative estimate of drug-likeness (QED) is 0.381. The third kappa shape index (κ3) is 3.82. The molecule has 2 aromatic heterocycles. The highest BCUT2D eigenvalue weighted by molar-refractivity contribution is 6.33. The number of non-ortho nitro benzene ring substituents is 1. The summed E-state index contributed by atoms with van der Waals surface area (Å²) in [7, 11) is 0.